The average Bonchev–Trinajstić information content (AvgIpc) is 2.73. The van der Waals surface area contributed by atoms with E-state index < -0.39 is 16.5 Å². The molecular formula is C22H21F3IOP. The molecule has 148 valence electrons. The number of rotatable bonds is 6. The van der Waals surface area contributed by atoms with E-state index in [-0.39, 0.29) is 12.6 Å². The molecule has 0 aromatic heterocycles. The van der Waals surface area contributed by atoms with E-state index in [1.807, 2.05) is 91.0 Å². The van der Waals surface area contributed by atoms with Gasteiger partial charge in [-0.25, -0.2) is 0 Å². The molecule has 0 aliphatic carbocycles. The van der Waals surface area contributed by atoms with E-state index >= 15 is 0 Å². The first kappa shape index (κ1) is 21.3. The minimum atomic E-state index is -4.63. The van der Waals surface area contributed by atoms with Crippen LogP contribution in [-0.2, 0) is 0 Å². The molecule has 0 saturated carbocycles. The van der Waals surface area contributed by atoms with Gasteiger partial charge in [0.25, 0.3) is 0 Å². The van der Waals surface area contributed by atoms with Crippen LogP contribution in [0.2, 0.25) is 0 Å². The van der Waals surface area contributed by atoms with Gasteiger partial charge in [-0.15, -0.1) is 0 Å². The van der Waals surface area contributed by atoms with Gasteiger partial charge in [0.1, 0.15) is 0 Å². The maximum atomic E-state index is 13.1. The summed E-state index contributed by atoms with van der Waals surface area (Å²) in [7, 11) is 0. The van der Waals surface area contributed by atoms with Crippen LogP contribution in [0.15, 0.2) is 91.0 Å². The second-order valence-corrected chi connectivity index (χ2v) is 17.5. The van der Waals surface area contributed by atoms with Crippen molar-refractivity contribution < 1.29 is 18.3 Å². The van der Waals surface area contributed by atoms with E-state index in [0.717, 1.165) is 15.9 Å². The zero-order valence-electron chi connectivity index (χ0n) is 15.1. The fourth-order valence-electron chi connectivity index (χ4n) is 3.58. The van der Waals surface area contributed by atoms with Gasteiger partial charge in [-0.05, 0) is 0 Å². The molecule has 28 heavy (non-hydrogen) atoms. The number of aliphatic hydroxyl groups is 1. The maximum absolute atomic E-state index is 13.1. The standard InChI is InChI=1S/C22H21F3IOP/c23-22(24,25)21(27)16-17-28(26,18-10-4-1-5-11-18,19-12-6-2-7-13-19)20-14-8-3-9-15-20/h1-15,21,27H,16-17H2. The molecule has 0 fully saturated rings. The monoisotopic (exact) mass is 516 g/mol. The van der Waals surface area contributed by atoms with Crippen molar-refractivity contribution in [2.75, 3.05) is 6.16 Å². The minimum absolute atomic E-state index is 0.213. The number of hydrogen-bond acceptors (Lipinski definition) is 1. The first-order valence-corrected chi connectivity index (χ1v) is 14.1. The Morgan fingerprint density at radius 1 is 0.714 bits per heavy atom. The van der Waals surface area contributed by atoms with Crippen LogP contribution in [0.3, 0.4) is 0 Å². The summed E-state index contributed by atoms with van der Waals surface area (Å²) in [5.74, 6) is 0. The fourth-order valence-corrected chi connectivity index (χ4v) is 12.1. The van der Waals surface area contributed by atoms with Crippen molar-refractivity contribution in [1.82, 2.24) is 0 Å². The quantitative estimate of drug-likeness (QED) is 0.354. The van der Waals surface area contributed by atoms with Gasteiger partial charge in [-0.2, -0.15) is 0 Å². The van der Waals surface area contributed by atoms with Gasteiger partial charge in [-0.3, -0.25) is 0 Å². The molecular weight excluding hydrogens is 495 g/mol. The Morgan fingerprint density at radius 3 is 1.32 bits per heavy atom. The van der Waals surface area contributed by atoms with Crippen LogP contribution in [0.4, 0.5) is 13.2 Å². The Bertz CT molecular complexity index is 802. The third kappa shape index (κ3) is 3.85. The number of halogens is 4. The second-order valence-electron chi connectivity index (χ2n) is 6.76. The first-order chi connectivity index (χ1) is 13.3. The summed E-state index contributed by atoms with van der Waals surface area (Å²) in [6, 6.07) is 29.2. The van der Waals surface area contributed by atoms with E-state index in [2.05, 4.69) is 22.0 Å². The Hall–Kier alpha value is -1.43. The molecule has 3 aromatic rings. The van der Waals surface area contributed by atoms with Crippen LogP contribution in [0.5, 0.6) is 0 Å². The molecule has 6 heteroatoms. The van der Waals surface area contributed by atoms with Crippen LogP contribution in [0, 0.1) is 0 Å². The SMILES string of the molecule is OC(CCP(I)(c1ccccc1)(c1ccccc1)c1ccccc1)C(F)(F)F. The molecule has 0 bridgehead atoms. The van der Waals surface area contributed by atoms with Gasteiger partial charge in [-0.1, -0.05) is 0 Å². The van der Waals surface area contributed by atoms with Crippen molar-refractivity contribution in [3.63, 3.8) is 0 Å². The fraction of sp³-hybridized carbons (Fsp3) is 0.182. The predicted octanol–water partition coefficient (Wildman–Crippen LogP) is 5.18. The Balaban J connectivity index is 2.28. The third-order valence-electron chi connectivity index (χ3n) is 5.08. The van der Waals surface area contributed by atoms with E-state index in [0.29, 0.717) is 0 Å². The normalized spacial score (nSPS) is 14.8. The van der Waals surface area contributed by atoms with Crippen molar-refractivity contribution in [2.45, 2.75) is 18.7 Å². The van der Waals surface area contributed by atoms with Crippen molar-refractivity contribution in [1.29, 1.82) is 0 Å². The Labute approximate surface area is 176 Å². The summed E-state index contributed by atoms with van der Waals surface area (Å²) in [5.41, 5.74) is 0. The van der Waals surface area contributed by atoms with E-state index in [9.17, 15) is 18.3 Å². The molecule has 0 aliphatic heterocycles. The van der Waals surface area contributed by atoms with E-state index in [1.54, 1.807) is 0 Å². The van der Waals surface area contributed by atoms with Crippen molar-refractivity contribution in [2.24, 2.45) is 0 Å². The predicted molar refractivity (Wildman–Crippen MR) is 121 cm³/mol. The van der Waals surface area contributed by atoms with E-state index in [4.69, 9.17) is 0 Å². The average molecular weight is 516 g/mol. The summed E-state index contributed by atoms with van der Waals surface area (Å²) in [6.45, 7) is 0. The van der Waals surface area contributed by atoms with Gasteiger partial charge in [0, 0.05) is 0 Å². The van der Waals surface area contributed by atoms with Crippen LogP contribution in [0.1, 0.15) is 6.42 Å². The molecule has 0 radical (unpaired) electrons. The zero-order chi connectivity index (χ0) is 20.3. The summed E-state index contributed by atoms with van der Waals surface area (Å²) in [5, 5.41) is 12.8. The molecule has 3 aromatic carbocycles. The molecule has 0 spiro atoms. The number of benzene rings is 3. The summed E-state index contributed by atoms with van der Waals surface area (Å²) < 4.78 is 36.1. The molecule has 1 nitrogen and oxygen atoms in total. The number of hydrogen-bond donors (Lipinski definition) is 1. The summed E-state index contributed by atoms with van der Waals surface area (Å²) >= 11 is 2.42. The summed E-state index contributed by atoms with van der Waals surface area (Å²) in [4.78, 5) is 0. The van der Waals surface area contributed by atoms with E-state index in [1.165, 1.54) is 0 Å². The van der Waals surface area contributed by atoms with Gasteiger partial charge in [0.2, 0.25) is 0 Å². The molecule has 3 rings (SSSR count). The third-order valence-corrected chi connectivity index (χ3v) is 16.8. The van der Waals surface area contributed by atoms with Gasteiger partial charge < -0.3 is 0 Å². The van der Waals surface area contributed by atoms with Crippen LogP contribution >= 0.6 is 26.3 Å². The number of alkyl halides is 3. The zero-order valence-corrected chi connectivity index (χ0v) is 18.1. The van der Waals surface area contributed by atoms with Gasteiger partial charge in [0.05, 0.1) is 0 Å². The molecule has 1 unspecified atom stereocenters. The van der Waals surface area contributed by atoms with Crippen LogP contribution in [-0.4, -0.2) is 23.5 Å². The second kappa shape index (κ2) is 8.13. The molecule has 0 aliphatic rings. The topological polar surface area (TPSA) is 20.2 Å². The van der Waals surface area contributed by atoms with Crippen molar-refractivity contribution >= 4 is 42.2 Å². The van der Waals surface area contributed by atoms with Crippen molar-refractivity contribution in [3.8, 4) is 0 Å². The van der Waals surface area contributed by atoms with Gasteiger partial charge in [0.15, 0.2) is 0 Å². The number of aliphatic hydroxyl groups excluding tert-OH is 1. The molecule has 0 amide bonds. The molecule has 0 heterocycles. The van der Waals surface area contributed by atoms with Gasteiger partial charge >= 0.3 is 176 Å². The summed E-state index contributed by atoms with van der Waals surface area (Å²) in [6.07, 6.45) is -7.12. The molecule has 1 atom stereocenters. The Morgan fingerprint density at radius 2 is 1.04 bits per heavy atom. The van der Waals surface area contributed by atoms with Crippen LogP contribution in [0.25, 0.3) is 0 Å². The Kier molecular flexibility index (Phi) is 6.18. The van der Waals surface area contributed by atoms with Crippen LogP contribution < -0.4 is 15.9 Å². The molecule has 1 N–H and O–H groups in total. The van der Waals surface area contributed by atoms with Crippen molar-refractivity contribution in [3.05, 3.63) is 91.0 Å². The molecule has 0 saturated heterocycles. The first-order valence-electron chi connectivity index (χ1n) is 8.91.